The highest BCUT2D eigenvalue weighted by Gasteiger charge is 2.25. The third kappa shape index (κ3) is 3.72. The van der Waals surface area contributed by atoms with Crippen LogP contribution in [-0.2, 0) is 11.3 Å². The highest BCUT2D eigenvalue weighted by atomic mass is 16.1. The summed E-state index contributed by atoms with van der Waals surface area (Å²) in [5, 5.41) is 10.4. The van der Waals surface area contributed by atoms with Gasteiger partial charge in [-0.2, -0.15) is 5.10 Å². The standard InChI is InChI=1S/C14H24N4O/c1-10-4-5-11(2)13(6-10)17-12-7-16-18(8-12)9-14(19)15-3/h7-8,10-11,13,17H,4-6,9H2,1-3H3,(H,15,19). The van der Waals surface area contributed by atoms with Gasteiger partial charge in [-0.15, -0.1) is 0 Å². The lowest BCUT2D eigenvalue weighted by atomic mass is 9.80. The number of hydrogen-bond acceptors (Lipinski definition) is 3. The van der Waals surface area contributed by atoms with Crippen LogP contribution in [0.4, 0.5) is 5.69 Å². The second kappa shape index (κ2) is 6.08. The predicted molar refractivity (Wildman–Crippen MR) is 75.9 cm³/mol. The van der Waals surface area contributed by atoms with Gasteiger partial charge in [0, 0.05) is 19.3 Å². The van der Waals surface area contributed by atoms with E-state index in [2.05, 4.69) is 29.6 Å². The summed E-state index contributed by atoms with van der Waals surface area (Å²) in [4.78, 5) is 11.3. The summed E-state index contributed by atoms with van der Waals surface area (Å²) in [6.45, 7) is 4.89. The molecule has 1 saturated carbocycles. The Morgan fingerprint density at radius 1 is 1.47 bits per heavy atom. The van der Waals surface area contributed by atoms with E-state index in [1.165, 1.54) is 19.3 Å². The zero-order valence-corrected chi connectivity index (χ0v) is 12.0. The van der Waals surface area contributed by atoms with Crippen molar-refractivity contribution in [3.63, 3.8) is 0 Å². The first-order chi connectivity index (χ1) is 9.08. The van der Waals surface area contributed by atoms with Crippen molar-refractivity contribution in [3.8, 4) is 0 Å². The average molecular weight is 264 g/mol. The van der Waals surface area contributed by atoms with Crippen LogP contribution in [0.5, 0.6) is 0 Å². The minimum atomic E-state index is -0.0330. The molecule has 3 unspecified atom stereocenters. The van der Waals surface area contributed by atoms with Crippen molar-refractivity contribution in [2.24, 2.45) is 11.8 Å². The van der Waals surface area contributed by atoms with Crippen LogP contribution in [0.15, 0.2) is 12.4 Å². The molecule has 0 aromatic carbocycles. The van der Waals surface area contributed by atoms with Gasteiger partial charge in [0.25, 0.3) is 0 Å². The molecule has 2 N–H and O–H groups in total. The summed E-state index contributed by atoms with van der Waals surface area (Å²) in [6.07, 6.45) is 7.53. The molecule has 1 aliphatic rings. The van der Waals surface area contributed by atoms with Crippen molar-refractivity contribution in [2.75, 3.05) is 12.4 Å². The van der Waals surface area contributed by atoms with Gasteiger partial charge in [0.05, 0.1) is 11.9 Å². The fourth-order valence-electron chi connectivity index (χ4n) is 2.70. The molecule has 19 heavy (non-hydrogen) atoms. The molecule has 1 amide bonds. The van der Waals surface area contributed by atoms with Crippen molar-refractivity contribution in [1.29, 1.82) is 0 Å². The van der Waals surface area contributed by atoms with Crippen molar-refractivity contribution in [2.45, 2.75) is 45.7 Å². The third-order valence-corrected chi connectivity index (χ3v) is 4.03. The second-order valence-corrected chi connectivity index (χ2v) is 5.75. The lowest BCUT2D eigenvalue weighted by molar-refractivity contribution is -0.121. The first kappa shape index (κ1) is 13.9. The van der Waals surface area contributed by atoms with Crippen LogP contribution in [0.25, 0.3) is 0 Å². The number of nitrogens with zero attached hydrogens (tertiary/aromatic N) is 2. The fraction of sp³-hybridized carbons (Fsp3) is 0.714. The Labute approximate surface area is 114 Å². The minimum Gasteiger partial charge on any atom is -0.379 e. The second-order valence-electron chi connectivity index (χ2n) is 5.75. The van der Waals surface area contributed by atoms with Crippen LogP contribution in [0.1, 0.15) is 33.1 Å². The van der Waals surface area contributed by atoms with Crippen molar-refractivity contribution >= 4 is 11.6 Å². The molecule has 3 atom stereocenters. The molecule has 2 rings (SSSR count). The summed E-state index contributed by atoms with van der Waals surface area (Å²) in [5.41, 5.74) is 1.01. The van der Waals surface area contributed by atoms with Crippen LogP contribution in [0, 0.1) is 11.8 Å². The molecule has 0 spiro atoms. The first-order valence-electron chi connectivity index (χ1n) is 7.08. The first-order valence-corrected chi connectivity index (χ1v) is 7.08. The van der Waals surface area contributed by atoms with E-state index in [9.17, 15) is 4.79 Å². The molecule has 0 bridgehead atoms. The van der Waals surface area contributed by atoms with Crippen molar-refractivity contribution in [1.82, 2.24) is 15.1 Å². The van der Waals surface area contributed by atoms with Gasteiger partial charge in [0.2, 0.25) is 5.91 Å². The van der Waals surface area contributed by atoms with Crippen LogP contribution in [0.3, 0.4) is 0 Å². The Kier molecular flexibility index (Phi) is 4.45. The minimum absolute atomic E-state index is 0.0330. The quantitative estimate of drug-likeness (QED) is 0.872. The van der Waals surface area contributed by atoms with E-state index in [-0.39, 0.29) is 12.5 Å². The van der Waals surface area contributed by atoms with Crippen LogP contribution >= 0.6 is 0 Å². The molecule has 1 aliphatic carbocycles. The summed E-state index contributed by atoms with van der Waals surface area (Å²) in [6, 6.07) is 0.515. The average Bonchev–Trinajstić information content (AvgIpc) is 2.81. The lowest BCUT2D eigenvalue weighted by Crippen LogP contribution is -2.33. The highest BCUT2D eigenvalue weighted by Crippen LogP contribution is 2.30. The van der Waals surface area contributed by atoms with Gasteiger partial charge >= 0.3 is 0 Å². The van der Waals surface area contributed by atoms with Crippen LogP contribution in [0.2, 0.25) is 0 Å². The topological polar surface area (TPSA) is 59.0 Å². The van der Waals surface area contributed by atoms with E-state index in [0.29, 0.717) is 12.0 Å². The SMILES string of the molecule is CNC(=O)Cn1cc(NC2CC(C)CCC2C)cn1. The van der Waals surface area contributed by atoms with E-state index in [1.807, 2.05) is 6.20 Å². The molecule has 5 heteroatoms. The Morgan fingerprint density at radius 3 is 3.00 bits per heavy atom. The van der Waals surface area contributed by atoms with E-state index in [4.69, 9.17) is 0 Å². The fourth-order valence-corrected chi connectivity index (χ4v) is 2.70. The van der Waals surface area contributed by atoms with E-state index >= 15 is 0 Å². The molecule has 1 heterocycles. The smallest absolute Gasteiger partial charge is 0.241 e. The highest BCUT2D eigenvalue weighted by molar-refractivity contribution is 5.75. The molecular weight excluding hydrogens is 240 g/mol. The summed E-state index contributed by atoms with van der Waals surface area (Å²) < 4.78 is 1.66. The van der Waals surface area contributed by atoms with E-state index < -0.39 is 0 Å². The van der Waals surface area contributed by atoms with Crippen molar-refractivity contribution < 1.29 is 4.79 Å². The normalized spacial score (nSPS) is 27.0. The largest absolute Gasteiger partial charge is 0.379 e. The molecule has 1 aromatic rings. The number of nitrogens with one attached hydrogen (secondary N) is 2. The monoisotopic (exact) mass is 264 g/mol. The molecule has 0 radical (unpaired) electrons. The molecular formula is C14H24N4O. The maximum absolute atomic E-state index is 11.3. The van der Waals surface area contributed by atoms with E-state index in [0.717, 1.165) is 11.6 Å². The van der Waals surface area contributed by atoms with Crippen LogP contribution < -0.4 is 10.6 Å². The maximum atomic E-state index is 11.3. The van der Waals surface area contributed by atoms with Gasteiger partial charge < -0.3 is 10.6 Å². The predicted octanol–water partition coefficient (Wildman–Crippen LogP) is 1.87. The number of hydrogen-bond donors (Lipinski definition) is 2. The van der Waals surface area contributed by atoms with Gasteiger partial charge in [-0.1, -0.05) is 20.3 Å². The van der Waals surface area contributed by atoms with Gasteiger partial charge in [0.15, 0.2) is 0 Å². The molecule has 106 valence electrons. The number of aromatic nitrogens is 2. The number of anilines is 1. The lowest BCUT2D eigenvalue weighted by Gasteiger charge is -2.33. The number of rotatable bonds is 4. The summed E-state index contributed by atoms with van der Waals surface area (Å²) in [7, 11) is 1.64. The number of carbonyl (C=O) groups is 1. The maximum Gasteiger partial charge on any atom is 0.241 e. The number of carbonyl (C=O) groups excluding carboxylic acids is 1. The molecule has 1 aromatic heterocycles. The Morgan fingerprint density at radius 2 is 2.26 bits per heavy atom. The zero-order valence-electron chi connectivity index (χ0n) is 12.0. The van der Waals surface area contributed by atoms with Gasteiger partial charge in [-0.25, -0.2) is 0 Å². The van der Waals surface area contributed by atoms with Gasteiger partial charge in [-0.3, -0.25) is 9.48 Å². The van der Waals surface area contributed by atoms with Gasteiger partial charge in [-0.05, 0) is 24.7 Å². The third-order valence-electron chi connectivity index (χ3n) is 4.03. The molecule has 0 aliphatic heterocycles. The van der Waals surface area contributed by atoms with Crippen molar-refractivity contribution in [3.05, 3.63) is 12.4 Å². The number of likely N-dealkylation sites (N-methyl/N-ethyl adjacent to an activating group) is 1. The molecule has 0 saturated heterocycles. The van der Waals surface area contributed by atoms with Gasteiger partial charge in [0.1, 0.15) is 6.54 Å². The van der Waals surface area contributed by atoms with Crippen LogP contribution in [-0.4, -0.2) is 28.8 Å². The summed E-state index contributed by atoms with van der Waals surface area (Å²) in [5.74, 6) is 1.45. The Bertz CT molecular complexity index is 429. The number of amides is 1. The Balaban J connectivity index is 1.93. The van der Waals surface area contributed by atoms with E-state index in [1.54, 1.807) is 17.9 Å². The molecule has 1 fully saturated rings. The summed E-state index contributed by atoms with van der Waals surface area (Å²) >= 11 is 0. The zero-order chi connectivity index (χ0) is 13.8. The Hall–Kier alpha value is -1.52. The molecule has 5 nitrogen and oxygen atoms in total.